The van der Waals surface area contributed by atoms with Gasteiger partial charge in [-0.15, -0.1) is 0 Å². The van der Waals surface area contributed by atoms with Crippen LogP contribution in [0.3, 0.4) is 0 Å². The molecule has 0 aliphatic rings. The van der Waals surface area contributed by atoms with Crippen LogP contribution < -0.4 is 11.1 Å². The first-order chi connectivity index (χ1) is 14.7. The fraction of sp³-hybridized carbons (Fsp3) is 0.130. The molecule has 4 aromatic rings. The van der Waals surface area contributed by atoms with E-state index in [9.17, 15) is 0 Å². The van der Waals surface area contributed by atoms with Gasteiger partial charge in [-0.25, -0.2) is 15.0 Å². The maximum atomic E-state index is 5.67. The van der Waals surface area contributed by atoms with Crippen LogP contribution in [-0.4, -0.2) is 32.6 Å². The van der Waals surface area contributed by atoms with Crippen LogP contribution in [0.2, 0.25) is 0 Å². The molecule has 3 heterocycles. The quantitative estimate of drug-likeness (QED) is 0.484. The largest absolute Gasteiger partial charge is 0.404 e. The number of hydrogen-bond donors (Lipinski definition) is 2. The van der Waals surface area contributed by atoms with Crippen molar-refractivity contribution in [3.63, 3.8) is 0 Å². The maximum absolute atomic E-state index is 5.67. The van der Waals surface area contributed by atoms with E-state index in [2.05, 4.69) is 50.4 Å². The summed E-state index contributed by atoms with van der Waals surface area (Å²) in [6.07, 6.45) is 8.72. The van der Waals surface area contributed by atoms with Crippen LogP contribution in [0, 0.1) is 6.92 Å². The highest BCUT2D eigenvalue weighted by Crippen LogP contribution is 2.21. The molecule has 7 heteroatoms. The number of rotatable bonds is 6. The van der Waals surface area contributed by atoms with Crippen molar-refractivity contribution in [2.75, 3.05) is 12.4 Å². The molecule has 150 valence electrons. The molecule has 0 saturated carbocycles. The summed E-state index contributed by atoms with van der Waals surface area (Å²) >= 11 is 0. The SMILES string of the molecule is CN=CC(=CN)c1ccc(CNc2cc(-c3cnc4cc(C)ccn34)ncn2)cc1. The van der Waals surface area contributed by atoms with Gasteiger partial charge in [0.25, 0.3) is 0 Å². The van der Waals surface area contributed by atoms with Gasteiger partial charge in [0.1, 0.15) is 17.8 Å². The molecule has 0 spiro atoms. The van der Waals surface area contributed by atoms with Gasteiger partial charge in [-0.05, 0) is 35.7 Å². The summed E-state index contributed by atoms with van der Waals surface area (Å²) in [7, 11) is 1.73. The van der Waals surface area contributed by atoms with Crippen molar-refractivity contribution in [1.82, 2.24) is 19.4 Å². The third-order valence-electron chi connectivity index (χ3n) is 4.81. The van der Waals surface area contributed by atoms with Gasteiger partial charge in [0.2, 0.25) is 0 Å². The molecule has 0 bridgehead atoms. The van der Waals surface area contributed by atoms with E-state index in [-0.39, 0.29) is 0 Å². The van der Waals surface area contributed by atoms with E-state index >= 15 is 0 Å². The highest BCUT2D eigenvalue weighted by molar-refractivity contribution is 6.09. The molecule has 0 atom stereocenters. The Hall–Kier alpha value is -4.00. The van der Waals surface area contributed by atoms with E-state index in [1.54, 1.807) is 25.8 Å². The van der Waals surface area contributed by atoms with E-state index in [4.69, 9.17) is 5.73 Å². The van der Waals surface area contributed by atoms with Gasteiger partial charge >= 0.3 is 0 Å². The standard InChI is InChI=1S/C23H23N7/c1-16-7-8-30-21(14-27-23(30)9-16)20-10-22(29-15-28-20)26-12-17-3-5-18(6-4-17)19(11-24)13-25-2/h3-11,13-15H,12,24H2,1-2H3,(H,26,28,29). The Kier molecular flexibility index (Phi) is 5.52. The van der Waals surface area contributed by atoms with Gasteiger partial charge in [0.15, 0.2) is 0 Å². The lowest BCUT2D eigenvalue weighted by molar-refractivity contribution is 1.07. The molecule has 7 nitrogen and oxygen atoms in total. The van der Waals surface area contributed by atoms with Crippen molar-refractivity contribution in [3.8, 4) is 11.4 Å². The summed E-state index contributed by atoms with van der Waals surface area (Å²) < 4.78 is 2.03. The van der Waals surface area contributed by atoms with Crippen molar-refractivity contribution in [2.45, 2.75) is 13.5 Å². The third-order valence-corrected chi connectivity index (χ3v) is 4.81. The number of hydrogen-bond acceptors (Lipinski definition) is 6. The minimum atomic E-state index is 0.645. The topological polar surface area (TPSA) is 93.5 Å². The number of aromatic nitrogens is 4. The highest BCUT2D eigenvalue weighted by Gasteiger charge is 2.09. The van der Waals surface area contributed by atoms with Crippen molar-refractivity contribution in [1.29, 1.82) is 0 Å². The van der Waals surface area contributed by atoms with Gasteiger partial charge in [-0.2, -0.15) is 0 Å². The molecule has 0 amide bonds. The zero-order valence-corrected chi connectivity index (χ0v) is 16.9. The van der Waals surface area contributed by atoms with E-state index in [1.807, 2.05) is 41.1 Å². The number of benzene rings is 1. The summed E-state index contributed by atoms with van der Waals surface area (Å²) in [6.45, 7) is 2.70. The first kappa shape index (κ1) is 19.3. The lowest BCUT2D eigenvalue weighted by Gasteiger charge is -2.08. The first-order valence-corrected chi connectivity index (χ1v) is 9.61. The summed E-state index contributed by atoms with van der Waals surface area (Å²) in [6, 6.07) is 14.2. The Morgan fingerprint density at radius 2 is 1.97 bits per heavy atom. The fourth-order valence-electron chi connectivity index (χ4n) is 3.23. The van der Waals surface area contributed by atoms with E-state index in [0.29, 0.717) is 6.54 Å². The smallest absolute Gasteiger partial charge is 0.137 e. The van der Waals surface area contributed by atoms with Crippen LogP contribution >= 0.6 is 0 Å². The van der Waals surface area contributed by atoms with Crippen LogP contribution in [-0.2, 0) is 6.54 Å². The second kappa shape index (κ2) is 8.57. The molecule has 1 aromatic carbocycles. The molecule has 0 unspecified atom stereocenters. The molecular formula is C23H23N7. The molecule has 0 fully saturated rings. The number of anilines is 1. The summed E-state index contributed by atoms with van der Waals surface area (Å²) in [5.74, 6) is 0.756. The second-order valence-electron chi connectivity index (χ2n) is 6.92. The summed E-state index contributed by atoms with van der Waals surface area (Å²) in [5.41, 5.74) is 12.5. The summed E-state index contributed by atoms with van der Waals surface area (Å²) in [5, 5.41) is 3.36. The number of imidazole rings is 1. The van der Waals surface area contributed by atoms with Crippen molar-refractivity contribution in [2.24, 2.45) is 10.7 Å². The Morgan fingerprint density at radius 3 is 2.73 bits per heavy atom. The predicted molar refractivity (Wildman–Crippen MR) is 121 cm³/mol. The minimum Gasteiger partial charge on any atom is -0.404 e. The van der Waals surface area contributed by atoms with E-state index in [1.165, 1.54) is 5.56 Å². The lowest BCUT2D eigenvalue weighted by atomic mass is 10.1. The zero-order valence-electron chi connectivity index (χ0n) is 16.9. The van der Waals surface area contributed by atoms with Crippen molar-refractivity contribution in [3.05, 3.63) is 84.1 Å². The molecule has 4 rings (SSSR count). The van der Waals surface area contributed by atoms with Crippen LogP contribution in [0.4, 0.5) is 5.82 Å². The molecule has 0 radical (unpaired) electrons. The predicted octanol–water partition coefficient (Wildman–Crippen LogP) is 3.71. The first-order valence-electron chi connectivity index (χ1n) is 9.61. The normalized spacial score (nSPS) is 12.0. The molecule has 0 aliphatic heterocycles. The van der Waals surface area contributed by atoms with E-state index < -0.39 is 0 Å². The van der Waals surface area contributed by atoms with Crippen LogP contribution in [0.1, 0.15) is 16.7 Å². The molecular weight excluding hydrogens is 374 g/mol. The lowest BCUT2D eigenvalue weighted by Crippen LogP contribution is -2.03. The van der Waals surface area contributed by atoms with Gasteiger partial charge in [-0.3, -0.25) is 9.39 Å². The minimum absolute atomic E-state index is 0.645. The van der Waals surface area contributed by atoms with Crippen molar-refractivity contribution >= 4 is 23.3 Å². The molecule has 3 N–H and O–H groups in total. The number of aryl methyl sites for hydroxylation is 1. The number of pyridine rings is 1. The zero-order chi connectivity index (χ0) is 20.9. The number of aliphatic imine (C=N–C) groups is 1. The van der Waals surface area contributed by atoms with Crippen LogP contribution in [0.5, 0.6) is 0 Å². The van der Waals surface area contributed by atoms with Gasteiger partial charge in [-0.1, -0.05) is 24.3 Å². The van der Waals surface area contributed by atoms with E-state index in [0.717, 1.165) is 39.6 Å². The second-order valence-corrected chi connectivity index (χ2v) is 6.92. The highest BCUT2D eigenvalue weighted by atomic mass is 15.0. The van der Waals surface area contributed by atoms with Gasteiger partial charge in [0, 0.05) is 43.8 Å². The average molecular weight is 397 g/mol. The number of nitrogens with two attached hydrogens (primary N) is 1. The molecule has 3 aromatic heterocycles. The Labute approximate surface area is 175 Å². The fourth-order valence-corrected chi connectivity index (χ4v) is 3.23. The Balaban J connectivity index is 1.50. The number of allylic oxidation sites excluding steroid dienone is 1. The Bertz CT molecular complexity index is 1220. The van der Waals surface area contributed by atoms with Crippen molar-refractivity contribution < 1.29 is 0 Å². The average Bonchev–Trinajstić information content (AvgIpc) is 3.20. The van der Waals surface area contributed by atoms with Crippen LogP contribution in [0.15, 0.2) is 72.4 Å². The third kappa shape index (κ3) is 4.05. The number of fused-ring (bicyclic) bond motifs is 1. The molecule has 0 saturated heterocycles. The maximum Gasteiger partial charge on any atom is 0.137 e. The number of nitrogens with zero attached hydrogens (tertiary/aromatic N) is 5. The summed E-state index contributed by atoms with van der Waals surface area (Å²) in [4.78, 5) is 17.3. The van der Waals surface area contributed by atoms with Crippen LogP contribution in [0.25, 0.3) is 22.6 Å². The Morgan fingerprint density at radius 1 is 1.13 bits per heavy atom. The molecule has 30 heavy (non-hydrogen) atoms. The number of nitrogens with one attached hydrogen (secondary N) is 1. The monoisotopic (exact) mass is 397 g/mol. The van der Waals surface area contributed by atoms with Gasteiger partial charge in [0.05, 0.1) is 17.6 Å². The molecule has 0 aliphatic carbocycles. The van der Waals surface area contributed by atoms with Gasteiger partial charge < -0.3 is 11.1 Å².